The van der Waals surface area contributed by atoms with Crippen LogP contribution in [0.15, 0.2) is 12.1 Å². The highest BCUT2D eigenvalue weighted by Crippen LogP contribution is 2.38. The standard InChI is InChI=1S/C10H10Cl2N2O2.ClH/c11-4-1-5(12)9-6(13)3-8(10(15)16)14-7(9)2-4;/h1-2,6,8,14H,3,13H2,(H,15,16);1H. The number of aliphatic carboxylic acids is 1. The van der Waals surface area contributed by atoms with Crippen molar-refractivity contribution in [3.05, 3.63) is 27.7 Å². The number of carbonyl (C=O) groups is 1. The van der Waals surface area contributed by atoms with Crippen LogP contribution in [0.3, 0.4) is 0 Å². The van der Waals surface area contributed by atoms with Crippen LogP contribution in [0.2, 0.25) is 10.0 Å². The average molecular weight is 298 g/mol. The van der Waals surface area contributed by atoms with Crippen molar-refractivity contribution < 1.29 is 9.90 Å². The third-order valence-corrected chi connectivity index (χ3v) is 3.11. The lowest BCUT2D eigenvalue weighted by molar-refractivity contribution is -0.138. The summed E-state index contributed by atoms with van der Waals surface area (Å²) in [5.74, 6) is -0.933. The topological polar surface area (TPSA) is 75.4 Å². The number of carboxylic acid groups (broad SMARTS) is 1. The lowest BCUT2D eigenvalue weighted by atomic mass is 9.93. The molecule has 0 bridgehead atoms. The van der Waals surface area contributed by atoms with Gasteiger partial charge in [0.25, 0.3) is 0 Å². The van der Waals surface area contributed by atoms with E-state index >= 15 is 0 Å². The van der Waals surface area contributed by atoms with E-state index in [0.717, 1.165) is 5.56 Å². The van der Waals surface area contributed by atoms with Gasteiger partial charge in [0, 0.05) is 27.3 Å². The number of rotatable bonds is 1. The number of nitrogens with one attached hydrogen (secondary N) is 1. The molecule has 0 amide bonds. The van der Waals surface area contributed by atoms with Crippen molar-refractivity contribution in [2.24, 2.45) is 5.73 Å². The third-order valence-electron chi connectivity index (χ3n) is 2.58. The number of nitrogens with two attached hydrogens (primary N) is 1. The number of benzene rings is 1. The maximum atomic E-state index is 10.9. The second kappa shape index (κ2) is 5.31. The fraction of sp³-hybridized carbons (Fsp3) is 0.300. The predicted molar refractivity (Wildman–Crippen MR) is 70.3 cm³/mol. The van der Waals surface area contributed by atoms with Gasteiger partial charge in [0.15, 0.2) is 0 Å². The van der Waals surface area contributed by atoms with Gasteiger partial charge in [-0.05, 0) is 18.6 Å². The van der Waals surface area contributed by atoms with Gasteiger partial charge in [0.05, 0.1) is 0 Å². The van der Waals surface area contributed by atoms with Crippen molar-refractivity contribution in [3.63, 3.8) is 0 Å². The molecule has 4 N–H and O–H groups in total. The number of carboxylic acids is 1. The normalized spacial score (nSPS) is 22.1. The molecule has 0 fully saturated rings. The Labute approximate surface area is 114 Å². The largest absolute Gasteiger partial charge is 0.480 e. The van der Waals surface area contributed by atoms with Gasteiger partial charge in [-0.15, -0.1) is 12.4 Å². The second-order valence-electron chi connectivity index (χ2n) is 3.73. The maximum absolute atomic E-state index is 10.9. The van der Waals surface area contributed by atoms with E-state index in [-0.39, 0.29) is 18.4 Å². The van der Waals surface area contributed by atoms with Crippen molar-refractivity contribution in [2.75, 3.05) is 5.32 Å². The minimum absolute atomic E-state index is 0. The zero-order valence-electron chi connectivity index (χ0n) is 8.61. The van der Waals surface area contributed by atoms with Gasteiger partial charge in [0.2, 0.25) is 0 Å². The second-order valence-corrected chi connectivity index (χ2v) is 4.57. The fourth-order valence-corrected chi connectivity index (χ4v) is 2.50. The van der Waals surface area contributed by atoms with Gasteiger partial charge in [-0.3, -0.25) is 0 Å². The van der Waals surface area contributed by atoms with Crippen molar-refractivity contribution in [1.82, 2.24) is 0 Å². The van der Waals surface area contributed by atoms with Crippen LogP contribution in [0, 0.1) is 0 Å². The summed E-state index contributed by atoms with van der Waals surface area (Å²) in [6, 6.07) is 2.15. The molecular formula is C10H11Cl3N2O2. The molecule has 4 nitrogen and oxygen atoms in total. The number of fused-ring (bicyclic) bond motifs is 1. The van der Waals surface area contributed by atoms with Crippen molar-refractivity contribution in [2.45, 2.75) is 18.5 Å². The Bertz CT molecular complexity index is 453. The summed E-state index contributed by atoms with van der Waals surface area (Å²) >= 11 is 11.9. The summed E-state index contributed by atoms with van der Waals surface area (Å²) in [6.07, 6.45) is 0.309. The van der Waals surface area contributed by atoms with E-state index in [9.17, 15) is 4.79 Å². The quantitative estimate of drug-likeness (QED) is 0.745. The molecule has 7 heteroatoms. The van der Waals surface area contributed by atoms with Crippen LogP contribution in [0.25, 0.3) is 0 Å². The molecule has 2 atom stereocenters. The van der Waals surface area contributed by atoms with E-state index in [0.29, 0.717) is 22.2 Å². The summed E-state index contributed by atoms with van der Waals surface area (Å²) in [5.41, 5.74) is 7.22. The fourth-order valence-electron chi connectivity index (χ4n) is 1.86. The minimum atomic E-state index is -0.933. The Hall–Kier alpha value is -0.680. The summed E-state index contributed by atoms with van der Waals surface area (Å²) in [4.78, 5) is 10.9. The molecule has 94 valence electrons. The van der Waals surface area contributed by atoms with Crippen LogP contribution >= 0.6 is 35.6 Å². The van der Waals surface area contributed by atoms with Crippen LogP contribution in [0.5, 0.6) is 0 Å². The number of hydrogen-bond donors (Lipinski definition) is 3. The average Bonchev–Trinajstić information content (AvgIpc) is 2.15. The highest BCUT2D eigenvalue weighted by Gasteiger charge is 2.30. The van der Waals surface area contributed by atoms with Gasteiger partial charge in [-0.2, -0.15) is 0 Å². The summed E-state index contributed by atoms with van der Waals surface area (Å²) in [7, 11) is 0. The first-order valence-electron chi connectivity index (χ1n) is 4.73. The highest BCUT2D eigenvalue weighted by atomic mass is 35.5. The Morgan fingerprint density at radius 2 is 2.12 bits per heavy atom. The van der Waals surface area contributed by atoms with E-state index in [2.05, 4.69) is 5.32 Å². The molecule has 0 saturated carbocycles. The van der Waals surface area contributed by atoms with Gasteiger partial charge in [-0.1, -0.05) is 23.2 Å². The van der Waals surface area contributed by atoms with Gasteiger partial charge < -0.3 is 16.2 Å². The summed E-state index contributed by atoms with van der Waals surface area (Å²) < 4.78 is 0. The Morgan fingerprint density at radius 1 is 1.47 bits per heavy atom. The molecule has 1 heterocycles. The first-order chi connectivity index (χ1) is 7.49. The predicted octanol–water partition coefficient (Wildman–Crippen LogP) is 2.68. The number of anilines is 1. The first-order valence-corrected chi connectivity index (χ1v) is 5.48. The first kappa shape index (κ1) is 14.4. The van der Waals surface area contributed by atoms with E-state index in [1.54, 1.807) is 12.1 Å². The lowest BCUT2D eigenvalue weighted by Gasteiger charge is -2.29. The van der Waals surface area contributed by atoms with E-state index in [1.165, 1.54) is 0 Å². The monoisotopic (exact) mass is 296 g/mol. The van der Waals surface area contributed by atoms with Crippen LogP contribution in [0.1, 0.15) is 18.0 Å². The molecular weight excluding hydrogens is 286 g/mol. The van der Waals surface area contributed by atoms with E-state index in [4.69, 9.17) is 34.0 Å². The van der Waals surface area contributed by atoms with Crippen LogP contribution in [-0.4, -0.2) is 17.1 Å². The molecule has 1 aliphatic heterocycles. The molecule has 0 aromatic heterocycles. The molecule has 1 aromatic rings. The van der Waals surface area contributed by atoms with Gasteiger partial charge in [0.1, 0.15) is 6.04 Å². The minimum Gasteiger partial charge on any atom is -0.480 e. The maximum Gasteiger partial charge on any atom is 0.326 e. The lowest BCUT2D eigenvalue weighted by Crippen LogP contribution is -2.37. The van der Waals surface area contributed by atoms with Crippen LogP contribution in [-0.2, 0) is 4.79 Å². The Kier molecular flexibility index (Phi) is 4.49. The molecule has 17 heavy (non-hydrogen) atoms. The molecule has 1 aromatic carbocycles. The SMILES string of the molecule is Cl.NC1CC(C(=O)O)Nc2cc(Cl)cc(Cl)c21. The smallest absolute Gasteiger partial charge is 0.326 e. The van der Waals surface area contributed by atoms with Crippen molar-refractivity contribution in [1.29, 1.82) is 0 Å². The zero-order valence-corrected chi connectivity index (χ0v) is 10.9. The Morgan fingerprint density at radius 3 is 2.71 bits per heavy atom. The summed E-state index contributed by atoms with van der Waals surface area (Å²) in [5, 5.41) is 12.7. The zero-order chi connectivity index (χ0) is 11.9. The van der Waals surface area contributed by atoms with Crippen LogP contribution in [0.4, 0.5) is 5.69 Å². The highest BCUT2D eigenvalue weighted by molar-refractivity contribution is 6.35. The van der Waals surface area contributed by atoms with Gasteiger partial charge in [-0.25, -0.2) is 4.79 Å². The molecule has 0 saturated heterocycles. The van der Waals surface area contributed by atoms with Gasteiger partial charge >= 0.3 is 5.97 Å². The molecule has 1 aliphatic rings. The van der Waals surface area contributed by atoms with E-state index in [1.807, 2.05) is 0 Å². The Balaban J connectivity index is 0.00000144. The van der Waals surface area contributed by atoms with E-state index < -0.39 is 12.0 Å². The molecule has 2 rings (SSSR count). The molecule has 2 unspecified atom stereocenters. The summed E-state index contributed by atoms with van der Waals surface area (Å²) in [6.45, 7) is 0. The third kappa shape index (κ3) is 2.77. The molecule has 0 spiro atoms. The van der Waals surface area contributed by atoms with Crippen molar-refractivity contribution in [3.8, 4) is 0 Å². The van der Waals surface area contributed by atoms with Crippen LogP contribution < -0.4 is 11.1 Å². The molecule has 0 aliphatic carbocycles. The molecule has 0 radical (unpaired) electrons. The number of hydrogen-bond acceptors (Lipinski definition) is 3. The number of halogens is 3. The van der Waals surface area contributed by atoms with Crippen molar-refractivity contribution >= 4 is 47.3 Å².